The van der Waals surface area contributed by atoms with E-state index in [9.17, 15) is 0 Å². The number of hydrogen-bond donors (Lipinski definition) is 0. The minimum absolute atomic E-state index is 0.000718. The van der Waals surface area contributed by atoms with Gasteiger partial charge in [-0.1, -0.05) is 273 Å². The van der Waals surface area contributed by atoms with Crippen LogP contribution in [0.25, 0.3) is 44.6 Å². The summed E-state index contributed by atoms with van der Waals surface area (Å²) >= 11 is 0. The Balaban J connectivity index is 1.11. The molecule has 4 nitrogen and oxygen atoms in total. The Morgan fingerprint density at radius 2 is 0.487 bits per heavy atom. The van der Waals surface area contributed by atoms with Gasteiger partial charge < -0.3 is 9.47 Å². The number of hydrogen-bond acceptors (Lipinski definition) is 4. The monoisotopic (exact) mass is 1030 g/mol. The SMILES string of the molecule is CCCCCCCCCCOc1ccc(C2=C(c3ccccc3)C(c3ccc(C4=C(c5ccc(C)cc5)C(=O)C(c5ccc(C)cc5)=C4c4ccccc4)cc3)=C(c3ccc(OCCCCCCCCCC)cc3)C2=O)cc1. The third-order valence-corrected chi connectivity index (χ3v) is 15.5. The van der Waals surface area contributed by atoms with Crippen LogP contribution in [0.2, 0.25) is 0 Å². The molecule has 0 aromatic heterocycles. The molecule has 398 valence electrons. The van der Waals surface area contributed by atoms with Crippen LogP contribution in [0.5, 0.6) is 11.5 Å². The van der Waals surface area contributed by atoms with E-state index in [4.69, 9.17) is 9.47 Å². The van der Waals surface area contributed by atoms with Crippen molar-refractivity contribution in [3.8, 4) is 11.5 Å². The Hall–Kier alpha value is -7.56. The van der Waals surface area contributed by atoms with Crippen LogP contribution >= 0.6 is 0 Å². The van der Waals surface area contributed by atoms with Crippen LogP contribution in [-0.2, 0) is 9.59 Å². The highest BCUT2D eigenvalue weighted by Crippen LogP contribution is 2.52. The maximum atomic E-state index is 15.7. The number of ether oxygens (including phenoxy) is 2. The highest BCUT2D eigenvalue weighted by molar-refractivity contribution is 6.60. The number of aryl methyl sites for hydroxylation is 2. The summed E-state index contributed by atoms with van der Waals surface area (Å²) in [6, 6.07) is 62.0. The number of carbonyl (C=O) groups excluding carboxylic acids is 2. The van der Waals surface area contributed by atoms with Crippen molar-refractivity contribution in [1.82, 2.24) is 0 Å². The lowest BCUT2D eigenvalue weighted by Gasteiger charge is -2.17. The molecule has 78 heavy (non-hydrogen) atoms. The van der Waals surface area contributed by atoms with Gasteiger partial charge in [0, 0.05) is 44.6 Å². The van der Waals surface area contributed by atoms with Crippen LogP contribution in [0.4, 0.5) is 0 Å². The van der Waals surface area contributed by atoms with Crippen molar-refractivity contribution in [2.75, 3.05) is 13.2 Å². The van der Waals surface area contributed by atoms with E-state index in [0.29, 0.717) is 35.5 Å². The lowest BCUT2D eigenvalue weighted by molar-refractivity contribution is -0.109. The fraction of sp³-hybridized carbons (Fsp3) is 0.297. The van der Waals surface area contributed by atoms with Gasteiger partial charge in [-0.15, -0.1) is 0 Å². The Kier molecular flexibility index (Phi) is 19.6. The zero-order valence-corrected chi connectivity index (χ0v) is 46.7. The topological polar surface area (TPSA) is 52.6 Å². The average molecular weight is 1030 g/mol. The van der Waals surface area contributed by atoms with Gasteiger partial charge in [0.25, 0.3) is 0 Å². The molecule has 7 aromatic rings. The van der Waals surface area contributed by atoms with Crippen molar-refractivity contribution in [2.45, 2.75) is 130 Å². The van der Waals surface area contributed by atoms with Gasteiger partial charge in [-0.3, -0.25) is 9.59 Å². The van der Waals surface area contributed by atoms with E-state index in [1.54, 1.807) is 0 Å². The van der Waals surface area contributed by atoms with Crippen LogP contribution in [0.3, 0.4) is 0 Å². The first-order chi connectivity index (χ1) is 38.3. The minimum atomic E-state index is -0.0315. The molecule has 0 bridgehead atoms. The number of benzene rings is 7. The molecule has 0 amide bonds. The molecule has 0 N–H and O–H groups in total. The van der Waals surface area contributed by atoms with Crippen LogP contribution < -0.4 is 9.47 Å². The Morgan fingerprint density at radius 1 is 0.256 bits per heavy atom. The fourth-order valence-corrected chi connectivity index (χ4v) is 11.2. The lowest BCUT2D eigenvalue weighted by Crippen LogP contribution is -2.03. The van der Waals surface area contributed by atoms with Crippen molar-refractivity contribution in [2.24, 2.45) is 0 Å². The molecule has 0 heterocycles. The highest BCUT2D eigenvalue weighted by Gasteiger charge is 2.38. The van der Waals surface area contributed by atoms with Gasteiger partial charge in [-0.05, 0) is 95.5 Å². The van der Waals surface area contributed by atoms with E-state index in [1.165, 1.54) is 83.5 Å². The predicted molar refractivity (Wildman–Crippen MR) is 328 cm³/mol. The lowest BCUT2D eigenvalue weighted by atomic mass is 9.86. The maximum absolute atomic E-state index is 15.7. The first kappa shape index (κ1) is 55.2. The number of carbonyl (C=O) groups is 2. The summed E-state index contributed by atoms with van der Waals surface area (Å²) in [6.07, 6.45) is 19.9. The second-order valence-electron chi connectivity index (χ2n) is 21.4. The van der Waals surface area contributed by atoms with Gasteiger partial charge in [0.1, 0.15) is 11.5 Å². The summed E-state index contributed by atoms with van der Waals surface area (Å²) in [6.45, 7) is 10.0. The molecule has 2 aliphatic rings. The van der Waals surface area contributed by atoms with Crippen molar-refractivity contribution < 1.29 is 19.1 Å². The first-order valence-electron chi connectivity index (χ1n) is 29.2. The molecule has 0 saturated carbocycles. The van der Waals surface area contributed by atoms with E-state index in [-0.39, 0.29) is 11.6 Å². The number of allylic oxidation sites excluding steroid dienone is 8. The summed E-state index contributed by atoms with van der Waals surface area (Å²) in [4.78, 5) is 30.9. The molecule has 0 unspecified atom stereocenters. The van der Waals surface area contributed by atoms with E-state index in [1.807, 2.05) is 84.9 Å². The fourth-order valence-electron chi connectivity index (χ4n) is 11.2. The molecule has 0 fully saturated rings. The third kappa shape index (κ3) is 13.4. The highest BCUT2D eigenvalue weighted by atomic mass is 16.5. The first-order valence-corrected chi connectivity index (χ1v) is 29.2. The van der Waals surface area contributed by atoms with Gasteiger partial charge in [-0.2, -0.15) is 0 Å². The van der Waals surface area contributed by atoms with Crippen LogP contribution in [0.1, 0.15) is 172 Å². The third-order valence-electron chi connectivity index (χ3n) is 15.5. The van der Waals surface area contributed by atoms with Crippen molar-refractivity contribution in [1.29, 1.82) is 0 Å². The molecular weight excluding hydrogens is 953 g/mol. The summed E-state index contributed by atoms with van der Waals surface area (Å²) < 4.78 is 12.6. The molecule has 0 aliphatic heterocycles. The quantitative estimate of drug-likeness (QED) is 0.0459. The van der Waals surface area contributed by atoms with E-state index in [2.05, 4.69) is 125 Å². The second-order valence-corrected chi connectivity index (χ2v) is 21.4. The van der Waals surface area contributed by atoms with Crippen molar-refractivity contribution >= 4 is 56.2 Å². The van der Waals surface area contributed by atoms with Crippen LogP contribution in [0, 0.1) is 13.8 Å². The molecule has 0 saturated heterocycles. The maximum Gasteiger partial charge on any atom is 0.195 e. The van der Waals surface area contributed by atoms with Crippen LogP contribution in [0.15, 0.2) is 182 Å². The summed E-state index contributed by atoms with van der Waals surface area (Å²) in [5, 5.41) is 0. The van der Waals surface area contributed by atoms with Gasteiger partial charge in [0.2, 0.25) is 0 Å². The standard InChI is InChI=1S/C74H78O4/c1-5-7-9-11-13-15-17-25-51-77-63-47-43-61(44-48-63)71-66(56-29-23-20-24-30-56)68(72(74(71)76)62-45-49-64(50-46-62)78-52-26-18-16-14-12-10-8-6-2)58-41-39-57(40-42-58)67-65(55-27-21-19-22-28-55)69(59-35-31-53(3)32-36-59)73(75)70(67)60-37-33-54(4)34-38-60/h19-24,27-50H,5-18,25-26,51-52H2,1-4H3. The van der Waals surface area contributed by atoms with E-state index >= 15 is 9.59 Å². The van der Waals surface area contributed by atoms with Crippen molar-refractivity contribution in [3.05, 3.63) is 238 Å². The molecule has 0 spiro atoms. The minimum Gasteiger partial charge on any atom is -0.494 e. The van der Waals surface area contributed by atoms with Gasteiger partial charge in [0.15, 0.2) is 11.6 Å². The molecular formula is C74H78O4. The zero-order chi connectivity index (χ0) is 54.1. The number of ketones is 2. The zero-order valence-electron chi connectivity index (χ0n) is 46.7. The molecule has 9 rings (SSSR count). The summed E-state index contributed by atoms with van der Waals surface area (Å²) in [5.41, 5.74) is 15.7. The molecule has 0 radical (unpaired) electrons. The second kappa shape index (κ2) is 27.7. The number of rotatable bonds is 28. The Labute approximate surface area is 465 Å². The number of Topliss-reactive ketones (excluding diaryl/α,β-unsaturated/α-hetero) is 2. The molecule has 4 heteroatoms. The summed E-state index contributed by atoms with van der Waals surface area (Å²) in [7, 11) is 0. The average Bonchev–Trinajstić information content (AvgIpc) is 4.12. The van der Waals surface area contributed by atoms with Gasteiger partial charge in [0.05, 0.1) is 13.2 Å². The number of unbranched alkanes of at least 4 members (excludes halogenated alkanes) is 14. The Bertz CT molecular complexity index is 3220. The largest absolute Gasteiger partial charge is 0.494 e. The Morgan fingerprint density at radius 3 is 0.782 bits per heavy atom. The smallest absolute Gasteiger partial charge is 0.195 e. The van der Waals surface area contributed by atoms with E-state index < -0.39 is 0 Å². The normalized spacial score (nSPS) is 13.6. The predicted octanol–water partition coefficient (Wildman–Crippen LogP) is 19.6. The van der Waals surface area contributed by atoms with Gasteiger partial charge in [-0.25, -0.2) is 0 Å². The van der Waals surface area contributed by atoms with E-state index in [0.717, 1.165) is 109 Å². The molecule has 2 aliphatic carbocycles. The van der Waals surface area contributed by atoms with Crippen molar-refractivity contribution in [3.63, 3.8) is 0 Å². The molecule has 7 aromatic carbocycles. The van der Waals surface area contributed by atoms with Crippen LogP contribution in [-0.4, -0.2) is 24.8 Å². The molecule has 0 atom stereocenters. The van der Waals surface area contributed by atoms with Gasteiger partial charge >= 0.3 is 0 Å². The summed E-state index contributed by atoms with van der Waals surface area (Å²) in [5.74, 6) is 1.57.